The highest BCUT2D eigenvalue weighted by Crippen LogP contribution is 2.45. The van der Waals surface area contributed by atoms with Crippen LogP contribution in [0, 0.1) is 23.7 Å². The van der Waals surface area contributed by atoms with E-state index in [1.807, 2.05) is 0 Å². The highest BCUT2D eigenvalue weighted by Gasteiger charge is 2.30. The Balaban J connectivity index is 5.12. The van der Waals surface area contributed by atoms with Gasteiger partial charge in [0.2, 0.25) is 0 Å². The Morgan fingerprint density at radius 3 is 0.703 bits per heavy atom. The van der Waals surface area contributed by atoms with Gasteiger partial charge in [0.25, 0.3) is 0 Å². The first-order valence-corrected chi connectivity index (χ1v) is 45.2. The number of unbranched alkanes of at least 4 members (excludes halogenated alkanes) is 44. The molecule has 17 nitrogen and oxygen atoms in total. The second kappa shape index (κ2) is 71.0. The fourth-order valence-electron chi connectivity index (χ4n) is 12.6. The number of carbonyl (C=O) groups is 4. The zero-order valence-electron chi connectivity index (χ0n) is 66.5. The minimum atomic E-state index is -4.96. The molecule has 0 aromatic carbocycles. The van der Waals surface area contributed by atoms with Crippen LogP contribution in [0.2, 0.25) is 0 Å². The lowest BCUT2D eigenvalue weighted by molar-refractivity contribution is -0.161. The number of carbonyl (C=O) groups excluding carboxylic acids is 4. The first-order chi connectivity index (χ1) is 48.6. The molecule has 600 valence electrons. The van der Waals surface area contributed by atoms with Crippen molar-refractivity contribution >= 4 is 39.5 Å². The maximum absolute atomic E-state index is 13.1. The maximum atomic E-state index is 13.1. The number of ether oxygens (including phenoxy) is 4. The molecular formula is C82H160O17P2. The summed E-state index contributed by atoms with van der Waals surface area (Å²) in [5, 5.41) is 10.6. The SMILES string of the molecule is CCC(C)CCCCCCCCCCCCCCCCCCCCC(=O)O[C@H](COC(=O)CCCCCCCCC(C)C)COP(=O)(O)OC[C@H](O)COP(=O)(O)OC[C@@H](COC(=O)CCCCCCCCCCCCCCCCCCC(C)C)OC(=O)CCCCCCCCCCC(C)C. The smallest absolute Gasteiger partial charge is 0.462 e. The van der Waals surface area contributed by atoms with E-state index in [0.717, 1.165) is 108 Å². The highest BCUT2D eigenvalue weighted by molar-refractivity contribution is 7.47. The van der Waals surface area contributed by atoms with Crippen LogP contribution in [0.5, 0.6) is 0 Å². The van der Waals surface area contributed by atoms with E-state index in [9.17, 15) is 43.2 Å². The quantitative estimate of drug-likeness (QED) is 0.0222. The van der Waals surface area contributed by atoms with Crippen LogP contribution in [0.15, 0.2) is 0 Å². The summed E-state index contributed by atoms with van der Waals surface area (Å²) in [6.07, 6.45) is 58.6. The van der Waals surface area contributed by atoms with Gasteiger partial charge in [-0.2, -0.15) is 0 Å². The number of aliphatic hydroxyl groups is 1. The van der Waals surface area contributed by atoms with E-state index in [-0.39, 0.29) is 25.7 Å². The standard InChI is InChI=1S/C82H160O17P2/c1-9-75(8)61-53-45-36-29-25-21-17-12-10-11-13-19-23-27-31-38-48-56-64-81(86)98-78(69-93-80(85)63-55-47-41-40-44-52-60-74(6)7)71-97-101(90,91)95-67-76(83)66-94-100(88,89)96-70-77(99-82(87)65-57-49-39-33-32-35-43-51-59-73(4)5)68-92-79(84)62-54-46-37-30-26-22-18-15-14-16-20-24-28-34-42-50-58-72(2)3/h72-78,83H,9-71H2,1-8H3,(H,88,89)(H,90,91)/t75?,76-,77-,78-/m1/s1. The van der Waals surface area contributed by atoms with Crippen molar-refractivity contribution < 1.29 is 80.2 Å². The van der Waals surface area contributed by atoms with Crippen molar-refractivity contribution in [1.29, 1.82) is 0 Å². The summed E-state index contributed by atoms with van der Waals surface area (Å²) in [6.45, 7) is 14.2. The maximum Gasteiger partial charge on any atom is 0.472 e. The lowest BCUT2D eigenvalue weighted by Gasteiger charge is -2.21. The lowest BCUT2D eigenvalue weighted by atomic mass is 9.99. The molecule has 0 heterocycles. The summed E-state index contributed by atoms with van der Waals surface area (Å²) in [4.78, 5) is 72.9. The fraction of sp³-hybridized carbons (Fsp3) is 0.951. The Morgan fingerprint density at radius 2 is 0.475 bits per heavy atom. The number of hydrogen-bond donors (Lipinski definition) is 3. The van der Waals surface area contributed by atoms with Gasteiger partial charge in [-0.15, -0.1) is 0 Å². The van der Waals surface area contributed by atoms with Crippen molar-refractivity contribution in [3.8, 4) is 0 Å². The van der Waals surface area contributed by atoms with Crippen LogP contribution in [-0.2, 0) is 65.4 Å². The van der Waals surface area contributed by atoms with Gasteiger partial charge in [-0.25, -0.2) is 9.13 Å². The Hall–Kier alpha value is -1.94. The average molecular weight is 1480 g/mol. The highest BCUT2D eigenvalue weighted by atomic mass is 31.2. The molecule has 0 aliphatic heterocycles. The Morgan fingerprint density at radius 1 is 0.277 bits per heavy atom. The Bertz CT molecular complexity index is 1970. The van der Waals surface area contributed by atoms with Gasteiger partial charge in [0.1, 0.15) is 19.3 Å². The fourth-order valence-corrected chi connectivity index (χ4v) is 14.2. The van der Waals surface area contributed by atoms with Gasteiger partial charge in [0.15, 0.2) is 12.2 Å². The summed E-state index contributed by atoms with van der Waals surface area (Å²) in [7, 11) is -9.92. The van der Waals surface area contributed by atoms with Crippen molar-refractivity contribution in [2.24, 2.45) is 23.7 Å². The van der Waals surface area contributed by atoms with E-state index in [2.05, 4.69) is 55.4 Å². The molecule has 3 N–H and O–H groups in total. The van der Waals surface area contributed by atoms with Crippen LogP contribution in [0.1, 0.15) is 421 Å². The van der Waals surface area contributed by atoms with E-state index >= 15 is 0 Å². The van der Waals surface area contributed by atoms with Crippen LogP contribution in [0.3, 0.4) is 0 Å². The number of hydrogen-bond acceptors (Lipinski definition) is 15. The minimum Gasteiger partial charge on any atom is -0.462 e. The van der Waals surface area contributed by atoms with Gasteiger partial charge < -0.3 is 33.8 Å². The molecule has 0 saturated heterocycles. The molecule has 0 rings (SSSR count). The number of aliphatic hydroxyl groups excluding tert-OH is 1. The molecule has 0 amide bonds. The van der Waals surface area contributed by atoms with Gasteiger partial charge in [0.05, 0.1) is 26.4 Å². The third-order valence-corrected chi connectivity index (χ3v) is 21.3. The third kappa shape index (κ3) is 74.7. The largest absolute Gasteiger partial charge is 0.472 e. The van der Waals surface area contributed by atoms with Gasteiger partial charge in [-0.1, -0.05) is 370 Å². The first-order valence-electron chi connectivity index (χ1n) is 42.2. The van der Waals surface area contributed by atoms with Gasteiger partial charge >= 0.3 is 39.5 Å². The Labute approximate surface area is 619 Å². The molecule has 0 saturated carbocycles. The van der Waals surface area contributed by atoms with Crippen LogP contribution in [0.25, 0.3) is 0 Å². The molecule has 0 bridgehead atoms. The molecule has 0 radical (unpaired) electrons. The molecular weight excluding hydrogens is 1320 g/mol. The molecule has 0 spiro atoms. The van der Waals surface area contributed by atoms with Crippen LogP contribution >= 0.6 is 15.6 Å². The number of rotatable bonds is 79. The molecule has 0 aliphatic carbocycles. The zero-order valence-corrected chi connectivity index (χ0v) is 68.3. The van der Waals surface area contributed by atoms with Crippen molar-refractivity contribution in [1.82, 2.24) is 0 Å². The van der Waals surface area contributed by atoms with Crippen LogP contribution in [0.4, 0.5) is 0 Å². The van der Waals surface area contributed by atoms with Crippen molar-refractivity contribution in [3.05, 3.63) is 0 Å². The number of esters is 4. The van der Waals surface area contributed by atoms with Crippen molar-refractivity contribution in [2.45, 2.75) is 440 Å². The summed E-state index contributed by atoms with van der Waals surface area (Å²) < 4.78 is 68.6. The molecule has 0 aliphatic rings. The van der Waals surface area contributed by atoms with E-state index in [0.29, 0.717) is 37.5 Å². The van der Waals surface area contributed by atoms with Gasteiger partial charge in [-0.3, -0.25) is 37.3 Å². The van der Waals surface area contributed by atoms with Crippen LogP contribution < -0.4 is 0 Å². The molecule has 0 fully saturated rings. The molecule has 3 unspecified atom stereocenters. The van der Waals surface area contributed by atoms with E-state index in [4.69, 9.17) is 37.0 Å². The molecule has 101 heavy (non-hydrogen) atoms. The molecule has 0 aromatic heterocycles. The molecule has 0 aromatic rings. The summed E-state index contributed by atoms with van der Waals surface area (Å²) in [5.74, 6) is 0.963. The first kappa shape index (κ1) is 99.1. The Kier molecular flexibility index (Phi) is 69.6. The van der Waals surface area contributed by atoms with E-state index in [1.165, 1.54) is 218 Å². The van der Waals surface area contributed by atoms with Crippen molar-refractivity contribution in [2.75, 3.05) is 39.6 Å². The second-order valence-electron chi connectivity index (χ2n) is 31.2. The van der Waals surface area contributed by atoms with Gasteiger partial charge in [0, 0.05) is 25.7 Å². The molecule has 19 heteroatoms. The van der Waals surface area contributed by atoms with E-state index < -0.39 is 97.5 Å². The lowest BCUT2D eigenvalue weighted by Crippen LogP contribution is -2.30. The second-order valence-corrected chi connectivity index (χ2v) is 34.1. The van der Waals surface area contributed by atoms with E-state index in [1.54, 1.807) is 0 Å². The zero-order chi connectivity index (χ0) is 74.6. The summed E-state index contributed by atoms with van der Waals surface area (Å²) in [6, 6.07) is 0. The topological polar surface area (TPSA) is 237 Å². The average Bonchev–Trinajstić information content (AvgIpc) is 1.00. The van der Waals surface area contributed by atoms with Crippen molar-refractivity contribution in [3.63, 3.8) is 0 Å². The molecule has 6 atom stereocenters. The van der Waals surface area contributed by atoms with Crippen LogP contribution in [-0.4, -0.2) is 96.7 Å². The minimum absolute atomic E-state index is 0.105. The summed E-state index contributed by atoms with van der Waals surface area (Å²) in [5.41, 5.74) is 0. The predicted molar refractivity (Wildman–Crippen MR) is 414 cm³/mol. The monoisotopic (exact) mass is 1480 g/mol. The summed E-state index contributed by atoms with van der Waals surface area (Å²) >= 11 is 0. The number of phosphoric acid groups is 2. The third-order valence-electron chi connectivity index (χ3n) is 19.4. The normalized spacial score (nSPS) is 14.3. The van der Waals surface area contributed by atoms with Gasteiger partial charge in [-0.05, 0) is 49.4 Å². The predicted octanol–water partition coefficient (Wildman–Crippen LogP) is 24.4. The number of phosphoric ester groups is 2.